The molecule has 0 saturated carbocycles. The summed E-state index contributed by atoms with van der Waals surface area (Å²) in [5, 5.41) is 10.8. The van der Waals surface area contributed by atoms with Gasteiger partial charge in [0.25, 0.3) is 0 Å². The Morgan fingerprint density at radius 3 is 2.31 bits per heavy atom. The van der Waals surface area contributed by atoms with E-state index >= 15 is 8.78 Å². The lowest BCUT2D eigenvalue weighted by molar-refractivity contribution is -0.138. The van der Waals surface area contributed by atoms with E-state index in [9.17, 15) is 18.9 Å². The third-order valence-corrected chi connectivity index (χ3v) is 18.9. The maximum absolute atomic E-state index is 15.2. The number of nitrogens with zero attached hydrogens (tertiary/aromatic N) is 7. The highest BCUT2D eigenvalue weighted by Crippen LogP contribution is 2.54. The number of methoxy groups -OCH3 is 1. The van der Waals surface area contributed by atoms with Gasteiger partial charge < -0.3 is 34.6 Å². The molecule has 5 saturated heterocycles. The summed E-state index contributed by atoms with van der Waals surface area (Å²) in [4.78, 5) is 60.3. The van der Waals surface area contributed by atoms with Crippen LogP contribution in [-0.4, -0.2) is 120 Å². The zero-order valence-electron chi connectivity index (χ0n) is 39.7. The molecule has 1 unspecified atom stereocenters. The summed E-state index contributed by atoms with van der Waals surface area (Å²) in [6.45, 7) is 9.50. The average molecular weight is 1040 g/mol. The second kappa shape index (κ2) is 19.8. The van der Waals surface area contributed by atoms with Gasteiger partial charge >= 0.3 is 0 Å². The van der Waals surface area contributed by atoms with E-state index in [0.29, 0.717) is 72.2 Å². The third kappa shape index (κ3) is 9.46. The first kappa shape index (κ1) is 47.9. The summed E-state index contributed by atoms with van der Waals surface area (Å²) in [7, 11) is -1.00. The van der Waals surface area contributed by atoms with Crippen molar-refractivity contribution in [2.75, 3.05) is 92.2 Å². The number of nitrogens with one attached hydrogen (secondary N) is 3. The molecule has 368 valence electrons. The summed E-state index contributed by atoms with van der Waals surface area (Å²) in [5.74, 6) is -2.45. The van der Waals surface area contributed by atoms with Gasteiger partial charge in [-0.3, -0.25) is 29.6 Å². The van der Waals surface area contributed by atoms with E-state index in [1.54, 1.807) is 18.2 Å². The van der Waals surface area contributed by atoms with E-state index < -0.39 is 36.5 Å². The monoisotopic (exact) mass is 1040 g/mol. The maximum Gasteiger partial charge on any atom is 0.234 e. The fourth-order valence-corrected chi connectivity index (χ4v) is 14.7. The number of halogens is 3. The topological polar surface area (TPSA) is 165 Å². The van der Waals surface area contributed by atoms with E-state index in [1.807, 2.05) is 23.1 Å². The number of piperidine rings is 2. The van der Waals surface area contributed by atoms with Crippen molar-refractivity contribution in [2.45, 2.75) is 70.8 Å². The van der Waals surface area contributed by atoms with Gasteiger partial charge in [-0.25, -0.2) is 13.8 Å². The van der Waals surface area contributed by atoms with Gasteiger partial charge in [-0.15, -0.1) is 0 Å². The second-order valence-electron chi connectivity index (χ2n) is 19.2. The van der Waals surface area contributed by atoms with Crippen LogP contribution in [-0.2, 0) is 25.4 Å². The number of carbonyl (C=O) groups excluding carboxylic acids is 3. The molecule has 3 aromatic carbocycles. The Bertz CT molecular complexity index is 2890. The van der Waals surface area contributed by atoms with Crippen molar-refractivity contribution in [2.24, 2.45) is 5.92 Å². The Kier molecular flexibility index (Phi) is 13.6. The SMILES string of the molecule is CCc1ccc2c(P3(=O)CCCC3)c(Nc3nc(Nc4cc(C)c(N5CCC(N6CCN(C(=O)C7CN(c8cc(F)c(C9CCC(=O)NC9=O)c(F)c8)C7)CC6)CC5)cc4OC)ncc3Br)ccc2n1. The van der Waals surface area contributed by atoms with Crippen LogP contribution >= 0.6 is 23.1 Å². The summed E-state index contributed by atoms with van der Waals surface area (Å²) in [6, 6.07) is 15.0. The molecule has 1 atom stereocenters. The van der Waals surface area contributed by atoms with Crippen LogP contribution in [0.25, 0.3) is 10.9 Å². The number of piperazine rings is 1. The molecule has 3 N–H and O–H groups in total. The van der Waals surface area contributed by atoms with Crippen LogP contribution in [0.15, 0.2) is 59.2 Å². The van der Waals surface area contributed by atoms with Gasteiger partial charge in [0, 0.05) is 123 Å². The minimum Gasteiger partial charge on any atom is -0.494 e. The van der Waals surface area contributed by atoms with Crippen molar-refractivity contribution in [1.82, 2.24) is 30.1 Å². The Labute approximate surface area is 414 Å². The van der Waals surface area contributed by atoms with Crippen LogP contribution in [0.5, 0.6) is 5.75 Å². The zero-order valence-corrected chi connectivity index (χ0v) is 42.2. The van der Waals surface area contributed by atoms with Crippen molar-refractivity contribution >= 4 is 91.5 Å². The summed E-state index contributed by atoms with van der Waals surface area (Å²) in [5.41, 5.74) is 5.55. The molecule has 0 radical (unpaired) electrons. The molecule has 0 bridgehead atoms. The summed E-state index contributed by atoms with van der Waals surface area (Å²) < 4.78 is 51.5. The molecule has 0 aliphatic carbocycles. The fourth-order valence-electron chi connectivity index (χ4n) is 11.0. The molecule has 5 aromatic rings. The van der Waals surface area contributed by atoms with Crippen LogP contribution in [0.2, 0.25) is 0 Å². The van der Waals surface area contributed by atoms with Gasteiger partial charge in [-0.1, -0.05) is 13.0 Å². The Hall–Kier alpha value is -5.71. The number of anilines is 6. The molecular weight excluding hydrogens is 981 g/mol. The van der Waals surface area contributed by atoms with Gasteiger partial charge in [0.05, 0.1) is 40.3 Å². The number of hydrogen-bond acceptors (Lipinski definition) is 13. The first-order valence-electron chi connectivity index (χ1n) is 24.4. The highest BCUT2D eigenvalue weighted by molar-refractivity contribution is 9.10. The van der Waals surface area contributed by atoms with Crippen molar-refractivity contribution < 1.29 is 32.5 Å². The average Bonchev–Trinajstić information content (AvgIpc) is 3.79. The maximum atomic E-state index is 15.2. The molecule has 15 nitrogen and oxygen atoms in total. The smallest absolute Gasteiger partial charge is 0.234 e. The molecule has 7 heterocycles. The number of ether oxygens (including phenoxy) is 1. The van der Waals surface area contributed by atoms with Gasteiger partial charge in [-0.05, 0) is 103 Å². The largest absolute Gasteiger partial charge is 0.494 e. The first-order valence-corrected chi connectivity index (χ1v) is 27.3. The first-order chi connectivity index (χ1) is 33.8. The molecule has 0 spiro atoms. The number of benzene rings is 3. The third-order valence-electron chi connectivity index (χ3n) is 14.9. The number of imide groups is 1. The molecular formula is C51H58BrF2N10O5P. The van der Waals surface area contributed by atoms with Crippen molar-refractivity contribution in [3.05, 3.63) is 87.7 Å². The molecule has 70 heavy (non-hydrogen) atoms. The number of hydrogen-bond donors (Lipinski definition) is 3. The number of aromatic nitrogens is 3. The summed E-state index contributed by atoms with van der Waals surface area (Å²) >= 11 is 3.65. The number of rotatable bonds is 12. The van der Waals surface area contributed by atoms with E-state index in [0.717, 1.165) is 103 Å². The molecule has 3 amide bonds. The minimum absolute atomic E-state index is 0.0271. The quantitative estimate of drug-likeness (QED) is 0.0815. The number of pyridine rings is 1. The van der Waals surface area contributed by atoms with E-state index in [4.69, 9.17) is 14.7 Å². The van der Waals surface area contributed by atoms with E-state index in [2.05, 4.69) is 78.7 Å². The molecule has 10 rings (SSSR count). The predicted octanol–water partition coefficient (Wildman–Crippen LogP) is 7.98. The van der Waals surface area contributed by atoms with Crippen LogP contribution in [0.3, 0.4) is 0 Å². The number of carbonyl (C=O) groups is 3. The molecule has 19 heteroatoms. The van der Waals surface area contributed by atoms with Crippen LogP contribution < -0.4 is 35.8 Å². The predicted molar refractivity (Wildman–Crippen MR) is 272 cm³/mol. The molecule has 2 aromatic heterocycles. The van der Waals surface area contributed by atoms with E-state index in [-0.39, 0.29) is 30.2 Å². The lowest BCUT2D eigenvalue weighted by Gasteiger charge is -2.46. The van der Waals surface area contributed by atoms with Crippen molar-refractivity contribution in [3.63, 3.8) is 0 Å². The number of fused-ring (bicyclic) bond motifs is 1. The normalized spacial score (nSPS) is 20.1. The van der Waals surface area contributed by atoms with Crippen LogP contribution in [0.4, 0.5) is 43.3 Å². The zero-order chi connectivity index (χ0) is 48.8. The highest BCUT2D eigenvalue weighted by atomic mass is 79.9. The molecule has 5 aliphatic rings. The Morgan fingerprint density at radius 1 is 0.900 bits per heavy atom. The van der Waals surface area contributed by atoms with Gasteiger partial charge in [0.1, 0.15) is 30.3 Å². The lowest BCUT2D eigenvalue weighted by Crippen LogP contribution is -2.59. The highest BCUT2D eigenvalue weighted by Gasteiger charge is 2.40. The van der Waals surface area contributed by atoms with Gasteiger partial charge in [0.2, 0.25) is 23.7 Å². The Balaban J connectivity index is 0.733. The standard InChI is InChI=1S/C51H58BrF2N10O5P/c1-4-32-7-8-35-40(56-32)10-11-41(47(35)70(68)21-5-6-22-70)57-48-37(52)27-55-51(60-48)58-42-23-30(2)43(26-44(42)69-3)62-15-13-33(14-16-62)61-17-19-63(20-18-61)50(67)31-28-64(29-31)34-24-38(53)46(39(54)25-34)36-9-12-45(65)59-49(36)66/h7-8,10-11,23-27,31,33,36H,4-6,9,12-22,28-29H2,1-3H3,(H,59,65,66)(H2,55,57,58,60). The minimum atomic E-state index is -2.66. The number of aryl methyl sites for hydroxylation is 2. The second-order valence-corrected chi connectivity index (χ2v) is 23.2. The lowest BCUT2D eigenvalue weighted by atomic mass is 9.89. The van der Waals surface area contributed by atoms with Crippen LogP contribution in [0, 0.1) is 24.5 Å². The van der Waals surface area contributed by atoms with Crippen molar-refractivity contribution in [1.29, 1.82) is 0 Å². The van der Waals surface area contributed by atoms with Gasteiger partial charge in [-0.2, -0.15) is 4.98 Å². The molecule has 5 aliphatic heterocycles. The fraction of sp³-hybridized carbons (Fsp3) is 0.451. The van der Waals surface area contributed by atoms with Crippen molar-refractivity contribution in [3.8, 4) is 5.75 Å². The Morgan fingerprint density at radius 2 is 1.63 bits per heavy atom. The summed E-state index contributed by atoms with van der Waals surface area (Å²) in [6.07, 6.45) is 7.82. The van der Waals surface area contributed by atoms with E-state index in [1.165, 1.54) is 12.1 Å². The van der Waals surface area contributed by atoms with Crippen LogP contribution in [0.1, 0.15) is 68.2 Å². The number of amides is 3. The van der Waals surface area contributed by atoms with Gasteiger partial charge in [0.15, 0.2) is 0 Å². The molecule has 5 fully saturated rings.